The molecule has 1 saturated heterocycles. The molecule has 3 heterocycles. The first-order valence-corrected chi connectivity index (χ1v) is 8.06. The van der Waals surface area contributed by atoms with E-state index in [4.69, 9.17) is 4.74 Å². The Morgan fingerprint density at radius 2 is 2.09 bits per heavy atom. The van der Waals surface area contributed by atoms with Crippen molar-refractivity contribution in [3.63, 3.8) is 0 Å². The van der Waals surface area contributed by atoms with Crippen LogP contribution in [-0.2, 0) is 18.8 Å². The van der Waals surface area contributed by atoms with Crippen molar-refractivity contribution in [1.82, 2.24) is 19.4 Å². The number of carbonyl (C=O) groups is 1. The van der Waals surface area contributed by atoms with E-state index in [1.807, 2.05) is 48.5 Å². The molecule has 6 nitrogen and oxygen atoms in total. The van der Waals surface area contributed by atoms with Gasteiger partial charge >= 0.3 is 0 Å². The molecule has 0 saturated carbocycles. The summed E-state index contributed by atoms with van der Waals surface area (Å²) in [6.07, 6.45) is 5.56. The van der Waals surface area contributed by atoms with E-state index in [1.54, 1.807) is 6.20 Å². The zero-order valence-electron chi connectivity index (χ0n) is 14.0. The predicted octanol–water partition coefficient (Wildman–Crippen LogP) is 1.96. The lowest BCUT2D eigenvalue weighted by Gasteiger charge is -2.30. The lowest BCUT2D eigenvalue weighted by Crippen LogP contribution is -2.38. The highest BCUT2D eigenvalue weighted by atomic mass is 16.5. The Bertz CT molecular complexity index is 683. The maximum Gasteiger partial charge on any atom is 0.268 e. The molecular weight excluding hydrogens is 292 g/mol. The molecule has 0 spiro atoms. The summed E-state index contributed by atoms with van der Waals surface area (Å²) < 4.78 is 9.36. The molecule has 1 aliphatic heterocycles. The van der Waals surface area contributed by atoms with Crippen molar-refractivity contribution in [2.75, 3.05) is 13.2 Å². The van der Waals surface area contributed by atoms with Gasteiger partial charge in [-0.1, -0.05) is 0 Å². The molecule has 1 N–H and O–H groups in total. The predicted molar refractivity (Wildman–Crippen MR) is 87.1 cm³/mol. The van der Waals surface area contributed by atoms with Crippen molar-refractivity contribution in [2.24, 2.45) is 20.0 Å². The lowest BCUT2D eigenvalue weighted by atomic mass is 9.91. The van der Waals surface area contributed by atoms with Crippen molar-refractivity contribution in [2.45, 2.75) is 25.8 Å². The van der Waals surface area contributed by atoms with Gasteiger partial charge in [-0.3, -0.25) is 4.79 Å². The van der Waals surface area contributed by atoms with Gasteiger partial charge in [-0.2, -0.15) is 0 Å². The lowest BCUT2D eigenvalue weighted by molar-refractivity contribution is 0.0498. The molecule has 3 rings (SSSR count). The van der Waals surface area contributed by atoms with Gasteiger partial charge < -0.3 is 19.2 Å². The molecule has 1 fully saturated rings. The number of nitrogens with one attached hydrogen (secondary N) is 1. The summed E-state index contributed by atoms with van der Waals surface area (Å²) >= 11 is 0. The van der Waals surface area contributed by atoms with Crippen LogP contribution in [0.1, 0.15) is 40.9 Å². The number of hydrogen-bond donors (Lipinski definition) is 1. The number of imidazole rings is 1. The molecule has 0 aromatic carbocycles. The van der Waals surface area contributed by atoms with Crippen molar-refractivity contribution >= 4 is 5.91 Å². The maximum absolute atomic E-state index is 12.7. The Kier molecular flexibility index (Phi) is 4.52. The number of amides is 1. The van der Waals surface area contributed by atoms with Crippen molar-refractivity contribution in [3.05, 3.63) is 41.7 Å². The average Bonchev–Trinajstić information content (AvgIpc) is 3.12. The summed E-state index contributed by atoms with van der Waals surface area (Å²) in [6.45, 7) is 3.47. The summed E-state index contributed by atoms with van der Waals surface area (Å²) in [6, 6.07) is 3.73. The van der Waals surface area contributed by atoms with E-state index < -0.39 is 0 Å². The van der Waals surface area contributed by atoms with E-state index in [1.165, 1.54) is 0 Å². The van der Waals surface area contributed by atoms with E-state index in [2.05, 4.69) is 10.3 Å². The highest BCUT2D eigenvalue weighted by Gasteiger charge is 2.30. The highest BCUT2D eigenvalue weighted by Crippen LogP contribution is 2.29. The summed E-state index contributed by atoms with van der Waals surface area (Å²) in [5.74, 6) is 1.19. The van der Waals surface area contributed by atoms with Gasteiger partial charge in [0.05, 0.1) is 6.04 Å². The van der Waals surface area contributed by atoms with Crippen LogP contribution < -0.4 is 5.32 Å². The molecule has 0 radical (unpaired) electrons. The number of carbonyl (C=O) groups excluding carboxylic acids is 1. The Balaban J connectivity index is 1.85. The zero-order valence-corrected chi connectivity index (χ0v) is 14.0. The molecule has 124 valence electrons. The highest BCUT2D eigenvalue weighted by molar-refractivity contribution is 5.93. The van der Waals surface area contributed by atoms with Crippen LogP contribution in [0.2, 0.25) is 0 Å². The number of aryl methyl sites for hydroxylation is 2. The van der Waals surface area contributed by atoms with Crippen molar-refractivity contribution < 1.29 is 9.53 Å². The second kappa shape index (κ2) is 6.58. The van der Waals surface area contributed by atoms with Crippen molar-refractivity contribution in [1.29, 1.82) is 0 Å². The van der Waals surface area contributed by atoms with Crippen molar-refractivity contribution in [3.8, 4) is 0 Å². The van der Waals surface area contributed by atoms with Crippen LogP contribution in [0.4, 0.5) is 0 Å². The van der Waals surface area contributed by atoms with Gasteiger partial charge in [-0.05, 0) is 37.8 Å². The van der Waals surface area contributed by atoms with Crippen LogP contribution in [0.25, 0.3) is 0 Å². The standard InChI is InChI=1S/C17H24N4O2/c1-12-4-5-14(21(12)3)17(22)19-15(13-6-10-23-11-7-13)16-18-8-9-20(16)2/h4-5,8-9,13,15H,6-7,10-11H2,1-3H3,(H,19,22). The molecule has 6 heteroatoms. The number of rotatable bonds is 4. The third-order valence-corrected chi connectivity index (χ3v) is 4.77. The third-order valence-electron chi connectivity index (χ3n) is 4.77. The quantitative estimate of drug-likeness (QED) is 0.938. The molecule has 1 atom stereocenters. The fourth-order valence-corrected chi connectivity index (χ4v) is 3.18. The van der Waals surface area contributed by atoms with E-state index in [0.717, 1.165) is 37.6 Å². The van der Waals surface area contributed by atoms with Gasteiger partial charge in [0.2, 0.25) is 0 Å². The third kappa shape index (κ3) is 3.17. The molecule has 1 aliphatic rings. The minimum absolute atomic E-state index is 0.0555. The molecule has 1 unspecified atom stereocenters. The first-order chi connectivity index (χ1) is 11.1. The van der Waals surface area contributed by atoms with Crippen LogP contribution >= 0.6 is 0 Å². The van der Waals surface area contributed by atoms with Crippen LogP contribution in [-0.4, -0.2) is 33.2 Å². The second-order valence-electron chi connectivity index (χ2n) is 6.22. The van der Waals surface area contributed by atoms with E-state index >= 15 is 0 Å². The average molecular weight is 316 g/mol. The monoisotopic (exact) mass is 316 g/mol. The maximum atomic E-state index is 12.7. The molecule has 1 amide bonds. The first kappa shape index (κ1) is 15.8. The number of hydrogen-bond acceptors (Lipinski definition) is 3. The fourth-order valence-electron chi connectivity index (χ4n) is 3.18. The number of ether oxygens (including phenoxy) is 1. The summed E-state index contributed by atoms with van der Waals surface area (Å²) in [5.41, 5.74) is 1.74. The summed E-state index contributed by atoms with van der Waals surface area (Å²) in [5, 5.41) is 3.20. The summed E-state index contributed by atoms with van der Waals surface area (Å²) in [7, 11) is 3.88. The smallest absolute Gasteiger partial charge is 0.268 e. The first-order valence-electron chi connectivity index (χ1n) is 8.06. The molecule has 0 bridgehead atoms. The second-order valence-corrected chi connectivity index (χ2v) is 6.22. The fraction of sp³-hybridized carbons (Fsp3) is 0.529. The Morgan fingerprint density at radius 3 is 2.65 bits per heavy atom. The Labute approximate surface area is 136 Å². The zero-order chi connectivity index (χ0) is 16.4. The van der Waals surface area contributed by atoms with Gasteiger partial charge in [0, 0.05) is 45.4 Å². The Hall–Kier alpha value is -2.08. The molecule has 2 aromatic rings. The molecular formula is C17H24N4O2. The Morgan fingerprint density at radius 1 is 1.35 bits per heavy atom. The largest absolute Gasteiger partial charge is 0.381 e. The van der Waals surface area contributed by atoms with Crippen LogP contribution in [0.3, 0.4) is 0 Å². The van der Waals surface area contributed by atoms with Gasteiger partial charge in [-0.25, -0.2) is 4.98 Å². The van der Waals surface area contributed by atoms with Crippen LogP contribution in [0.15, 0.2) is 24.5 Å². The van der Waals surface area contributed by atoms with Gasteiger partial charge in [0.15, 0.2) is 0 Å². The van der Waals surface area contributed by atoms with Crippen LogP contribution in [0.5, 0.6) is 0 Å². The molecule has 2 aromatic heterocycles. The SMILES string of the molecule is Cc1ccc(C(=O)NC(c2nccn2C)C2CCOCC2)n1C. The minimum atomic E-state index is -0.0957. The van der Waals surface area contributed by atoms with Gasteiger partial charge in [-0.15, -0.1) is 0 Å². The van der Waals surface area contributed by atoms with Gasteiger partial charge in [0.1, 0.15) is 11.5 Å². The van der Waals surface area contributed by atoms with Crippen LogP contribution in [0, 0.1) is 12.8 Å². The number of aromatic nitrogens is 3. The molecule has 23 heavy (non-hydrogen) atoms. The van der Waals surface area contributed by atoms with E-state index in [-0.39, 0.29) is 11.9 Å². The number of nitrogens with zero attached hydrogens (tertiary/aromatic N) is 3. The molecule has 0 aliphatic carbocycles. The topological polar surface area (TPSA) is 61.1 Å². The van der Waals surface area contributed by atoms with Gasteiger partial charge in [0.25, 0.3) is 5.91 Å². The normalized spacial score (nSPS) is 17.2. The summed E-state index contributed by atoms with van der Waals surface area (Å²) in [4.78, 5) is 17.2. The van der Waals surface area contributed by atoms with E-state index in [9.17, 15) is 4.79 Å². The van der Waals surface area contributed by atoms with E-state index in [0.29, 0.717) is 11.6 Å². The minimum Gasteiger partial charge on any atom is -0.381 e.